The Morgan fingerprint density at radius 1 is 1.38 bits per heavy atom. The zero-order valence-corrected chi connectivity index (χ0v) is 9.54. The molecule has 2 rings (SSSR count). The van der Waals surface area contributed by atoms with Gasteiger partial charge in [0.05, 0.1) is 11.1 Å². The van der Waals surface area contributed by atoms with Crippen molar-refractivity contribution in [2.75, 3.05) is 19.8 Å². The van der Waals surface area contributed by atoms with Crippen LogP contribution in [0.2, 0.25) is 5.02 Å². The van der Waals surface area contributed by atoms with Crippen LogP contribution in [0.1, 0.15) is 18.1 Å². The van der Waals surface area contributed by atoms with Gasteiger partial charge >= 0.3 is 0 Å². The maximum Gasteiger partial charge on any atom is 0.179 e. The van der Waals surface area contributed by atoms with E-state index < -0.39 is 6.10 Å². The van der Waals surface area contributed by atoms with Gasteiger partial charge in [-0.25, -0.2) is 0 Å². The predicted octanol–water partition coefficient (Wildman–Crippen LogP) is 1.49. The van der Waals surface area contributed by atoms with Crippen molar-refractivity contribution in [2.45, 2.75) is 12.5 Å². The molecule has 1 aliphatic heterocycles. The number of halogens is 1. The van der Waals surface area contributed by atoms with Crippen molar-refractivity contribution in [3.63, 3.8) is 0 Å². The van der Waals surface area contributed by atoms with Gasteiger partial charge in [0, 0.05) is 0 Å². The third-order valence-corrected chi connectivity index (χ3v) is 2.72. The number of hydrogen-bond donors (Lipinski definition) is 2. The summed E-state index contributed by atoms with van der Waals surface area (Å²) in [6.07, 6.45) is -0.117. The molecule has 1 unspecified atom stereocenters. The summed E-state index contributed by atoms with van der Waals surface area (Å²) in [6, 6.07) is 3.44. The molecule has 1 aliphatic rings. The maximum atomic E-state index is 9.81. The van der Waals surface area contributed by atoms with E-state index in [0.29, 0.717) is 48.3 Å². The maximum absolute atomic E-state index is 9.81. The lowest BCUT2D eigenvalue weighted by atomic mass is 10.1. The molecule has 1 atom stereocenters. The van der Waals surface area contributed by atoms with Crippen LogP contribution in [0.4, 0.5) is 0 Å². The van der Waals surface area contributed by atoms with Crippen molar-refractivity contribution < 1.29 is 14.6 Å². The summed E-state index contributed by atoms with van der Waals surface area (Å²) in [5.74, 6) is 1.14. The Labute approximate surface area is 98.9 Å². The topological polar surface area (TPSA) is 64.7 Å². The average molecular weight is 244 g/mol. The molecule has 1 heterocycles. The fraction of sp³-hybridized carbons (Fsp3) is 0.455. The molecule has 0 amide bonds. The molecule has 3 N–H and O–H groups in total. The van der Waals surface area contributed by atoms with Gasteiger partial charge in [-0.05, 0) is 30.7 Å². The minimum atomic E-state index is -0.613. The highest BCUT2D eigenvalue weighted by Crippen LogP contribution is 2.39. The van der Waals surface area contributed by atoms with E-state index in [4.69, 9.17) is 26.8 Å². The van der Waals surface area contributed by atoms with Crippen LogP contribution in [0, 0.1) is 0 Å². The SMILES string of the molecule is NCCC(O)c1cc(Cl)c2c(c1)OCCO2. The zero-order valence-electron chi connectivity index (χ0n) is 8.78. The molecule has 0 bridgehead atoms. The van der Waals surface area contributed by atoms with E-state index in [1.54, 1.807) is 12.1 Å². The van der Waals surface area contributed by atoms with Crippen molar-refractivity contribution in [3.05, 3.63) is 22.7 Å². The molecule has 1 aromatic rings. The summed E-state index contributed by atoms with van der Waals surface area (Å²) >= 11 is 6.04. The highest BCUT2D eigenvalue weighted by atomic mass is 35.5. The predicted molar refractivity (Wildman–Crippen MR) is 61.1 cm³/mol. The molecule has 1 aromatic carbocycles. The summed E-state index contributed by atoms with van der Waals surface area (Å²) in [4.78, 5) is 0. The van der Waals surface area contributed by atoms with Crippen molar-refractivity contribution in [2.24, 2.45) is 5.73 Å². The van der Waals surface area contributed by atoms with Crippen LogP contribution in [-0.4, -0.2) is 24.9 Å². The molecule has 0 radical (unpaired) electrons. The first-order valence-electron chi connectivity index (χ1n) is 5.19. The smallest absolute Gasteiger partial charge is 0.179 e. The lowest BCUT2D eigenvalue weighted by molar-refractivity contribution is 0.161. The number of fused-ring (bicyclic) bond motifs is 1. The van der Waals surface area contributed by atoms with Crippen LogP contribution in [-0.2, 0) is 0 Å². The molecule has 0 saturated carbocycles. The first-order valence-corrected chi connectivity index (χ1v) is 5.57. The number of aliphatic hydroxyl groups excluding tert-OH is 1. The van der Waals surface area contributed by atoms with Gasteiger partial charge in [0.15, 0.2) is 11.5 Å². The third kappa shape index (κ3) is 2.24. The van der Waals surface area contributed by atoms with E-state index in [0.717, 1.165) is 0 Å². The Bertz CT molecular complexity index is 384. The van der Waals surface area contributed by atoms with E-state index in [1.165, 1.54) is 0 Å². The van der Waals surface area contributed by atoms with Crippen molar-refractivity contribution in [1.82, 2.24) is 0 Å². The molecular weight excluding hydrogens is 230 g/mol. The van der Waals surface area contributed by atoms with Gasteiger partial charge in [-0.2, -0.15) is 0 Å². The fourth-order valence-electron chi connectivity index (χ4n) is 1.65. The summed E-state index contributed by atoms with van der Waals surface area (Å²) in [5.41, 5.74) is 6.10. The second-order valence-corrected chi connectivity index (χ2v) is 4.03. The molecule has 0 aliphatic carbocycles. The van der Waals surface area contributed by atoms with E-state index >= 15 is 0 Å². The second kappa shape index (κ2) is 4.91. The Morgan fingerprint density at radius 3 is 2.88 bits per heavy atom. The van der Waals surface area contributed by atoms with Crippen LogP contribution >= 0.6 is 11.6 Å². The molecular formula is C11H14ClNO3. The van der Waals surface area contributed by atoms with Gasteiger partial charge in [-0.15, -0.1) is 0 Å². The molecule has 0 aromatic heterocycles. The summed E-state index contributed by atoms with van der Waals surface area (Å²) in [7, 11) is 0. The minimum Gasteiger partial charge on any atom is -0.486 e. The normalized spacial score (nSPS) is 15.9. The second-order valence-electron chi connectivity index (χ2n) is 3.62. The molecule has 0 fully saturated rings. The monoisotopic (exact) mass is 243 g/mol. The minimum absolute atomic E-state index is 0.424. The Morgan fingerprint density at radius 2 is 2.12 bits per heavy atom. The van der Waals surface area contributed by atoms with Crippen LogP contribution in [0.5, 0.6) is 11.5 Å². The molecule has 16 heavy (non-hydrogen) atoms. The number of rotatable bonds is 3. The Balaban J connectivity index is 2.31. The number of hydrogen-bond acceptors (Lipinski definition) is 4. The first kappa shape index (κ1) is 11.5. The number of nitrogens with two attached hydrogens (primary N) is 1. The van der Waals surface area contributed by atoms with Gasteiger partial charge in [0.1, 0.15) is 13.2 Å². The van der Waals surface area contributed by atoms with E-state index in [1.807, 2.05) is 0 Å². The highest BCUT2D eigenvalue weighted by Gasteiger charge is 2.19. The molecule has 4 nitrogen and oxygen atoms in total. The summed E-state index contributed by atoms with van der Waals surface area (Å²) in [6.45, 7) is 1.42. The summed E-state index contributed by atoms with van der Waals surface area (Å²) < 4.78 is 10.8. The number of benzene rings is 1. The van der Waals surface area contributed by atoms with Crippen molar-refractivity contribution in [3.8, 4) is 11.5 Å². The third-order valence-electron chi connectivity index (χ3n) is 2.44. The molecule has 0 spiro atoms. The van der Waals surface area contributed by atoms with Gasteiger partial charge < -0.3 is 20.3 Å². The first-order chi connectivity index (χ1) is 7.72. The molecule has 0 saturated heterocycles. The molecule has 88 valence electrons. The van der Waals surface area contributed by atoms with Crippen LogP contribution in [0.15, 0.2) is 12.1 Å². The average Bonchev–Trinajstić information content (AvgIpc) is 2.29. The van der Waals surface area contributed by atoms with Gasteiger partial charge in [-0.1, -0.05) is 11.6 Å². The zero-order chi connectivity index (χ0) is 11.5. The van der Waals surface area contributed by atoms with Gasteiger partial charge in [-0.3, -0.25) is 0 Å². The largest absolute Gasteiger partial charge is 0.486 e. The standard InChI is InChI=1S/C11H14ClNO3/c12-8-5-7(9(14)1-2-13)6-10-11(8)16-4-3-15-10/h5-6,9,14H,1-4,13H2. The van der Waals surface area contributed by atoms with E-state index in [2.05, 4.69) is 0 Å². The lowest BCUT2D eigenvalue weighted by Gasteiger charge is -2.21. The Kier molecular flexibility index (Phi) is 3.53. The van der Waals surface area contributed by atoms with Crippen LogP contribution in [0.25, 0.3) is 0 Å². The fourth-order valence-corrected chi connectivity index (χ4v) is 1.92. The van der Waals surface area contributed by atoms with Gasteiger partial charge in [0.2, 0.25) is 0 Å². The molecule has 5 heteroatoms. The number of ether oxygens (including phenoxy) is 2. The summed E-state index contributed by atoms with van der Waals surface area (Å²) in [5, 5.41) is 10.3. The highest BCUT2D eigenvalue weighted by molar-refractivity contribution is 6.32. The van der Waals surface area contributed by atoms with E-state index in [9.17, 15) is 5.11 Å². The van der Waals surface area contributed by atoms with Gasteiger partial charge in [0.25, 0.3) is 0 Å². The van der Waals surface area contributed by atoms with Crippen LogP contribution in [0.3, 0.4) is 0 Å². The van der Waals surface area contributed by atoms with E-state index in [-0.39, 0.29) is 0 Å². The Hall–Kier alpha value is -0.970. The van der Waals surface area contributed by atoms with Crippen molar-refractivity contribution >= 4 is 11.6 Å². The quantitative estimate of drug-likeness (QED) is 0.844. The van der Waals surface area contributed by atoms with Crippen LogP contribution < -0.4 is 15.2 Å². The lowest BCUT2D eigenvalue weighted by Crippen LogP contribution is -2.16. The van der Waals surface area contributed by atoms with Crippen molar-refractivity contribution in [1.29, 1.82) is 0 Å². The number of aliphatic hydroxyl groups is 1.